The van der Waals surface area contributed by atoms with E-state index < -0.39 is 0 Å². The van der Waals surface area contributed by atoms with Crippen LogP contribution in [0.25, 0.3) is 0 Å². The van der Waals surface area contributed by atoms with Gasteiger partial charge < -0.3 is 0 Å². The van der Waals surface area contributed by atoms with Crippen LogP contribution in [0, 0.1) is 6.92 Å². The lowest BCUT2D eigenvalue weighted by Gasteiger charge is -2.11. The molecule has 0 aliphatic heterocycles. The molecule has 0 bridgehead atoms. The lowest BCUT2D eigenvalue weighted by molar-refractivity contribution is 0.740. The highest BCUT2D eigenvalue weighted by Gasteiger charge is 2.06. The highest BCUT2D eigenvalue weighted by atomic mass is 14.7. The molecule has 1 nitrogen and oxygen atoms in total. The minimum Gasteiger partial charge on any atom is -0.261 e. The number of hydrogen-bond donors (Lipinski definition) is 0. The molecule has 0 saturated carbocycles. The van der Waals surface area contributed by atoms with Crippen molar-refractivity contribution in [3.05, 3.63) is 65.5 Å². The Balaban J connectivity index is 2.11. The van der Waals surface area contributed by atoms with E-state index in [-0.39, 0.29) is 0 Å². The Morgan fingerprint density at radius 3 is 2.56 bits per heavy atom. The van der Waals surface area contributed by atoms with Crippen LogP contribution in [0.3, 0.4) is 0 Å². The Morgan fingerprint density at radius 1 is 1.12 bits per heavy atom. The minimum atomic E-state index is 0.524. The van der Waals surface area contributed by atoms with Gasteiger partial charge in [-0.15, -0.1) is 0 Å². The van der Waals surface area contributed by atoms with Crippen LogP contribution in [-0.4, -0.2) is 4.98 Å². The molecule has 0 radical (unpaired) electrons. The van der Waals surface area contributed by atoms with Gasteiger partial charge in [-0.05, 0) is 42.5 Å². The highest BCUT2D eigenvalue weighted by molar-refractivity contribution is 5.22. The second kappa shape index (κ2) is 4.93. The number of rotatable bonds is 3. The van der Waals surface area contributed by atoms with Crippen molar-refractivity contribution < 1.29 is 0 Å². The molecule has 0 saturated heterocycles. The summed E-state index contributed by atoms with van der Waals surface area (Å²) in [5, 5.41) is 0. The minimum absolute atomic E-state index is 0.524. The monoisotopic (exact) mass is 211 g/mol. The Kier molecular flexibility index (Phi) is 3.35. The standard InChI is InChI=1S/C15H17N/c1-12-8-9-16-15(10-12)11-13(2)14-6-4-3-5-7-14/h3-10,13H,11H2,1-2H3. The van der Waals surface area contributed by atoms with Crippen molar-refractivity contribution in [2.24, 2.45) is 0 Å². The van der Waals surface area contributed by atoms with Crippen molar-refractivity contribution in [2.45, 2.75) is 26.2 Å². The molecule has 82 valence electrons. The van der Waals surface area contributed by atoms with Gasteiger partial charge in [0.05, 0.1) is 0 Å². The van der Waals surface area contributed by atoms with Gasteiger partial charge in [0.1, 0.15) is 0 Å². The summed E-state index contributed by atoms with van der Waals surface area (Å²) in [6, 6.07) is 14.8. The number of aromatic nitrogens is 1. The molecule has 1 atom stereocenters. The molecule has 0 aliphatic rings. The van der Waals surface area contributed by atoms with Crippen molar-refractivity contribution >= 4 is 0 Å². The van der Waals surface area contributed by atoms with E-state index in [1.54, 1.807) is 0 Å². The third-order valence-corrected chi connectivity index (χ3v) is 2.86. The molecular weight excluding hydrogens is 194 g/mol. The first-order valence-electron chi connectivity index (χ1n) is 5.72. The van der Waals surface area contributed by atoms with Crippen LogP contribution in [0.15, 0.2) is 48.7 Å². The molecule has 0 spiro atoms. The third kappa shape index (κ3) is 2.69. The van der Waals surface area contributed by atoms with E-state index in [9.17, 15) is 0 Å². The van der Waals surface area contributed by atoms with E-state index in [1.807, 2.05) is 12.3 Å². The van der Waals surface area contributed by atoms with Crippen LogP contribution in [0.2, 0.25) is 0 Å². The van der Waals surface area contributed by atoms with Gasteiger partial charge in [-0.3, -0.25) is 4.98 Å². The van der Waals surface area contributed by atoms with E-state index in [1.165, 1.54) is 16.8 Å². The predicted octanol–water partition coefficient (Wildman–Crippen LogP) is 3.74. The predicted molar refractivity (Wildman–Crippen MR) is 67.5 cm³/mol. The zero-order valence-electron chi connectivity index (χ0n) is 9.85. The average molecular weight is 211 g/mol. The summed E-state index contributed by atoms with van der Waals surface area (Å²) in [6.07, 6.45) is 2.90. The molecule has 0 amide bonds. The smallest absolute Gasteiger partial charge is 0.0412 e. The van der Waals surface area contributed by atoms with Gasteiger partial charge in [-0.2, -0.15) is 0 Å². The maximum Gasteiger partial charge on any atom is 0.0412 e. The van der Waals surface area contributed by atoms with Crippen LogP contribution in [0.1, 0.15) is 29.7 Å². The molecule has 2 rings (SSSR count). The fourth-order valence-electron chi connectivity index (χ4n) is 1.92. The van der Waals surface area contributed by atoms with Crippen LogP contribution >= 0.6 is 0 Å². The Hall–Kier alpha value is -1.63. The lowest BCUT2D eigenvalue weighted by atomic mass is 9.96. The molecule has 0 fully saturated rings. The number of nitrogens with zero attached hydrogens (tertiary/aromatic N) is 1. The largest absolute Gasteiger partial charge is 0.261 e. The molecule has 1 aromatic carbocycles. The molecule has 16 heavy (non-hydrogen) atoms. The molecule has 0 N–H and O–H groups in total. The Bertz CT molecular complexity index is 448. The molecule has 1 unspecified atom stereocenters. The van der Waals surface area contributed by atoms with Crippen molar-refractivity contribution in [3.8, 4) is 0 Å². The molecule has 1 aromatic heterocycles. The van der Waals surface area contributed by atoms with Crippen molar-refractivity contribution in [3.63, 3.8) is 0 Å². The highest BCUT2D eigenvalue weighted by Crippen LogP contribution is 2.19. The normalized spacial score (nSPS) is 12.4. The van der Waals surface area contributed by atoms with E-state index in [0.717, 1.165) is 6.42 Å². The zero-order chi connectivity index (χ0) is 11.4. The maximum absolute atomic E-state index is 4.41. The quantitative estimate of drug-likeness (QED) is 0.753. The zero-order valence-corrected chi connectivity index (χ0v) is 9.85. The van der Waals surface area contributed by atoms with E-state index in [4.69, 9.17) is 0 Å². The number of hydrogen-bond acceptors (Lipinski definition) is 1. The van der Waals surface area contributed by atoms with Gasteiger partial charge in [0.15, 0.2) is 0 Å². The summed E-state index contributed by atoms with van der Waals surface area (Å²) in [5.74, 6) is 0.524. The second-order valence-electron chi connectivity index (χ2n) is 4.34. The summed E-state index contributed by atoms with van der Waals surface area (Å²) >= 11 is 0. The van der Waals surface area contributed by atoms with Crippen LogP contribution in [0.4, 0.5) is 0 Å². The Labute approximate surface area is 97.2 Å². The van der Waals surface area contributed by atoms with Gasteiger partial charge in [0, 0.05) is 11.9 Å². The molecule has 2 aromatic rings. The average Bonchev–Trinajstić information content (AvgIpc) is 2.30. The summed E-state index contributed by atoms with van der Waals surface area (Å²) in [5.41, 5.74) is 3.84. The topological polar surface area (TPSA) is 12.9 Å². The second-order valence-corrected chi connectivity index (χ2v) is 4.34. The van der Waals surface area contributed by atoms with Gasteiger partial charge in [-0.25, -0.2) is 0 Å². The van der Waals surface area contributed by atoms with Crippen LogP contribution in [0.5, 0.6) is 0 Å². The summed E-state index contributed by atoms with van der Waals surface area (Å²) < 4.78 is 0. The number of benzene rings is 1. The van der Waals surface area contributed by atoms with E-state index >= 15 is 0 Å². The fourth-order valence-corrected chi connectivity index (χ4v) is 1.92. The summed E-state index contributed by atoms with van der Waals surface area (Å²) in [4.78, 5) is 4.41. The molecule has 1 heteroatoms. The lowest BCUT2D eigenvalue weighted by Crippen LogP contribution is -2.00. The van der Waals surface area contributed by atoms with Crippen molar-refractivity contribution in [1.82, 2.24) is 4.98 Å². The van der Waals surface area contributed by atoms with Gasteiger partial charge >= 0.3 is 0 Å². The Morgan fingerprint density at radius 2 is 1.88 bits per heavy atom. The van der Waals surface area contributed by atoms with Crippen LogP contribution < -0.4 is 0 Å². The van der Waals surface area contributed by atoms with Crippen LogP contribution in [-0.2, 0) is 6.42 Å². The first kappa shape index (κ1) is 10.9. The first-order chi connectivity index (χ1) is 7.75. The fraction of sp³-hybridized carbons (Fsp3) is 0.267. The van der Waals surface area contributed by atoms with Crippen molar-refractivity contribution in [2.75, 3.05) is 0 Å². The van der Waals surface area contributed by atoms with E-state index in [0.29, 0.717) is 5.92 Å². The van der Waals surface area contributed by atoms with E-state index in [2.05, 4.69) is 55.2 Å². The summed E-state index contributed by atoms with van der Waals surface area (Å²) in [6.45, 7) is 4.36. The van der Waals surface area contributed by atoms with Gasteiger partial charge in [-0.1, -0.05) is 37.3 Å². The SMILES string of the molecule is Cc1ccnc(CC(C)c2ccccc2)c1. The summed E-state index contributed by atoms with van der Waals surface area (Å²) in [7, 11) is 0. The molecule has 1 heterocycles. The molecular formula is C15H17N. The van der Waals surface area contributed by atoms with Gasteiger partial charge in [0.25, 0.3) is 0 Å². The maximum atomic E-state index is 4.41. The van der Waals surface area contributed by atoms with Crippen molar-refractivity contribution in [1.29, 1.82) is 0 Å². The first-order valence-corrected chi connectivity index (χ1v) is 5.72. The number of pyridine rings is 1. The molecule has 0 aliphatic carbocycles. The third-order valence-electron chi connectivity index (χ3n) is 2.86. The van der Waals surface area contributed by atoms with Gasteiger partial charge in [0.2, 0.25) is 0 Å². The number of aryl methyl sites for hydroxylation is 1.